The molecule has 1 unspecified atom stereocenters. The summed E-state index contributed by atoms with van der Waals surface area (Å²) in [5, 5.41) is 10.8. The van der Waals surface area contributed by atoms with Crippen LogP contribution < -0.4 is 16.6 Å². The van der Waals surface area contributed by atoms with Crippen molar-refractivity contribution in [3.8, 4) is 0 Å². The van der Waals surface area contributed by atoms with Crippen LogP contribution in [0.2, 0.25) is 0 Å². The molecule has 1 aromatic rings. The highest BCUT2D eigenvalue weighted by Crippen LogP contribution is 1.98. The van der Waals surface area contributed by atoms with Crippen molar-refractivity contribution in [2.24, 2.45) is 0 Å². The largest absolute Gasteiger partial charge is 0.385 e. The highest BCUT2D eigenvalue weighted by molar-refractivity contribution is 5.78. The van der Waals surface area contributed by atoms with E-state index in [0.717, 1.165) is 6.07 Å². The molecular formula is C9H11F2N3O4. The van der Waals surface area contributed by atoms with Crippen LogP contribution in [0.4, 0.5) is 8.78 Å². The molecule has 18 heavy (non-hydrogen) atoms. The Labute approximate surface area is 98.9 Å². The van der Waals surface area contributed by atoms with Gasteiger partial charge in [-0.3, -0.25) is 14.6 Å². The predicted molar refractivity (Wildman–Crippen MR) is 56.4 cm³/mol. The minimum Gasteiger partial charge on any atom is -0.385 e. The van der Waals surface area contributed by atoms with Gasteiger partial charge in [0.15, 0.2) is 0 Å². The van der Waals surface area contributed by atoms with Crippen LogP contribution in [-0.4, -0.2) is 40.1 Å². The number of nitrogens with one attached hydrogen (secondary N) is 3. The van der Waals surface area contributed by atoms with Gasteiger partial charge in [-0.25, -0.2) is 13.6 Å². The van der Waals surface area contributed by atoms with Crippen molar-refractivity contribution in [2.75, 3.05) is 6.54 Å². The summed E-state index contributed by atoms with van der Waals surface area (Å²) in [5.74, 6) is -0.698. The molecule has 0 radical (unpaired) electrons. The Morgan fingerprint density at radius 1 is 1.39 bits per heavy atom. The van der Waals surface area contributed by atoms with Crippen molar-refractivity contribution in [1.82, 2.24) is 15.3 Å². The van der Waals surface area contributed by atoms with Gasteiger partial charge in [0, 0.05) is 18.3 Å². The lowest BCUT2D eigenvalue weighted by atomic mass is 10.2. The average Bonchev–Trinajstić information content (AvgIpc) is 2.24. The lowest BCUT2D eigenvalue weighted by Gasteiger charge is -2.10. The van der Waals surface area contributed by atoms with Gasteiger partial charge in [0.2, 0.25) is 5.91 Å². The molecule has 100 valence electrons. The van der Waals surface area contributed by atoms with Gasteiger partial charge in [0.05, 0.1) is 6.42 Å². The van der Waals surface area contributed by atoms with E-state index in [9.17, 15) is 23.2 Å². The third kappa shape index (κ3) is 4.45. The van der Waals surface area contributed by atoms with E-state index in [1.165, 1.54) is 0 Å². The summed E-state index contributed by atoms with van der Waals surface area (Å²) in [4.78, 5) is 37.1. The van der Waals surface area contributed by atoms with E-state index in [0.29, 0.717) is 0 Å². The van der Waals surface area contributed by atoms with Gasteiger partial charge < -0.3 is 15.4 Å². The number of aliphatic hydroxyl groups excluding tert-OH is 1. The SMILES string of the molecule is O=C(Cc1cc(=O)[nH]c(=O)[nH]1)NCC(O)C(F)F. The highest BCUT2D eigenvalue weighted by atomic mass is 19.3. The van der Waals surface area contributed by atoms with Crippen LogP contribution >= 0.6 is 0 Å². The summed E-state index contributed by atoms with van der Waals surface area (Å²) in [6, 6.07) is 1.00. The fourth-order valence-corrected chi connectivity index (χ4v) is 1.16. The maximum atomic E-state index is 11.9. The molecule has 1 aromatic heterocycles. The Morgan fingerprint density at radius 2 is 2.06 bits per heavy atom. The first-order valence-electron chi connectivity index (χ1n) is 4.94. The molecule has 1 amide bonds. The standard InChI is InChI=1S/C9H11F2N3O4/c10-8(11)5(15)3-12-6(16)1-4-2-7(17)14-9(18)13-4/h2,5,8,15H,1,3H2,(H,12,16)(H2,13,14,17,18). The van der Waals surface area contributed by atoms with Crippen molar-refractivity contribution < 1.29 is 18.7 Å². The van der Waals surface area contributed by atoms with E-state index in [1.54, 1.807) is 0 Å². The maximum absolute atomic E-state index is 11.9. The van der Waals surface area contributed by atoms with E-state index < -0.39 is 36.2 Å². The molecule has 0 saturated heterocycles. The molecule has 0 aromatic carbocycles. The fraction of sp³-hybridized carbons (Fsp3) is 0.444. The summed E-state index contributed by atoms with van der Waals surface area (Å²) in [6.45, 7) is -0.607. The van der Waals surface area contributed by atoms with Gasteiger partial charge in [-0.1, -0.05) is 0 Å². The lowest BCUT2D eigenvalue weighted by Crippen LogP contribution is -2.37. The van der Waals surface area contributed by atoms with Crippen LogP contribution in [0.25, 0.3) is 0 Å². The van der Waals surface area contributed by atoms with Crippen LogP contribution in [0.1, 0.15) is 5.69 Å². The number of H-pyrrole nitrogens is 2. The monoisotopic (exact) mass is 263 g/mol. The number of carbonyl (C=O) groups is 1. The topological polar surface area (TPSA) is 115 Å². The lowest BCUT2D eigenvalue weighted by molar-refractivity contribution is -0.121. The van der Waals surface area contributed by atoms with Gasteiger partial charge in [-0.05, 0) is 0 Å². The number of carbonyl (C=O) groups excluding carboxylic acids is 1. The number of amides is 1. The second-order valence-electron chi connectivity index (χ2n) is 3.50. The fourth-order valence-electron chi connectivity index (χ4n) is 1.16. The summed E-state index contributed by atoms with van der Waals surface area (Å²) < 4.78 is 23.8. The van der Waals surface area contributed by atoms with Crippen LogP contribution in [0.3, 0.4) is 0 Å². The van der Waals surface area contributed by atoms with Gasteiger partial charge >= 0.3 is 5.69 Å². The number of halogens is 2. The van der Waals surface area contributed by atoms with Crippen LogP contribution in [0.15, 0.2) is 15.7 Å². The molecule has 9 heteroatoms. The smallest absolute Gasteiger partial charge is 0.325 e. The van der Waals surface area contributed by atoms with Gasteiger partial charge in [-0.2, -0.15) is 0 Å². The predicted octanol–water partition coefficient (Wildman–Crippen LogP) is -1.65. The summed E-state index contributed by atoms with van der Waals surface area (Å²) in [7, 11) is 0. The Bertz CT molecular complexity index is 497. The van der Waals surface area contributed by atoms with Crippen molar-refractivity contribution in [2.45, 2.75) is 19.0 Å². The Hall–Kier alpha value is -2.03. The minimum atomic E-state index is -2.95. The first-order chi connectivity index (χ1) is 8.38. The third-order valence-corrected chi connectivity index (χ3v) is 1.97. The first kappa shape index (κ1) is 14.0. The summed E-state index contributed by atoms with van der Waals surface area (Å²) in [5.41, 5.74) is -1.39. The van der Waals surface area contributed by atoms with E-state index in [2.05, 4.69) is 4.98 Å². The van der Waals surface area contributed by atoms with Crippen molar-refractivity contribution in [3.05, 3.63) is 32.6 Å². The molecule has 0 saturated carbocycles. The second kappa shape index (κ2) is 6.05. The number of hydrogen-bond donors (Lipinski definition) is 4. The van der Waals surface area contributed by atoms with Crippen molar-refractivity contribution in [1.29, 1.82) is 0 Å². The van der Waals surface area contributed by atoms with E-state index in [-0.39, 0.29) is 12.1 Å². The third-order valence-electron chi connectivity index (χ3n) is 1.97. The van der Waals surface area contributed by atoms with Gasteiger partial charge in [-0.15, -0.1) is 0 Å². The highest BCUT2D eigenvalue weighted by Gasteiger charge is 2.17. The molecule has 0 aliphatic heterocycles. The molecular weight excluding hydrogens is 252 g/mol. The van der Waals surface area contributed by atoms with Crippen LogP contribution in [-0.2, 0) is 11.2 Å². The molecule has 1 rings (SSSR count). The minimum absolute atomic E-state index is 0.0489. The van der Waals surface area contributed by atoms with Gasteiger partial charge in [0.1, 0.15) is 6.10 Å². The van der Waals surface area contributed by atoms with E-state index in [4.69, 9.17) is 5.11 Å². The number of rotatable bonds is 5. The number of alkyl halides is 2. The van der Waals surface area contributed by atoms with E-state index >= 15 is 0 Å². The molecule has 0 spiro atoms. The molecule has 0 aliphatic rings. The molecule has 0 bridgehead atoms. The molecule has 1 heterocycles. The average molecular weight is 263 g/mol. The van der Waals surface area contributed by atoms with Crippen LogP contribution in [0, 0.1) is 0 Å². The Balaban J connectivity index is 2.55. The zero-order valence-corrected chi connectivity index (χ0v) is 9.07. The number of aliphatic hydroxyl groups is 1. The maximum Gasteiger partial charge on any atom is 0.325 e. The zero-order valence-electron chi connectivity index (χ0n) is 9.07. The zero-order chi connectivity index (χ0) is 13.7. The summed E-state index contributed by atoms with van der Waals surface area (Å²) in [6.07, 6.45) is -5.26. The summed E-state index contributed by atoms with van der Waals surface area (Å²) >= 11 is 0. The Kier molecular flexibility index (Phi) is 4.72. The van der Waals surface area contributed by atoms with Crippen molar-refractivity contribution in [3.63, 3.8) is 0 Å². The van der Waals surface area contributed by atoms with Crippen molar-refractivity contribution >= 4 is 5.91 Å². The van der Waals surface area contributed by atoms with Crippen LogP contribution in [0.5, 0.6) is 0 Å². The molecule has 7 nitrogen and oxygen atoms in total. The Morgan fingerprint density at radius 3 is 2.61 bits per heavy atom. The molecule has 4 N–H and O–H groups in total. The van der Waals surface area contributed by atoms with Gasteiger partial charge in [0.25, 0.3) is 12.0 Å². The quantitative estimate of drug-likeness (QED) is 0.509. The second-order valence-corrected chi connectivity index (χ2v) is 3.50. The van der Waals surface area contributed by atoms with E-state index in [1.807, 2.05) is 10.3 Å². The number of aromatic nitrogens is 2. The molecule has 1 atom stereocenters. The number of aromatic amines is 2. The molecule has 0 aliphatic carbocycles. The molecule has 0 fully saturated rings. The number of hydrogen-bond acceptors (Lipinski definition) is 4. The normalized spacial score (nSPS) is 12.4. The first-order valence-corrected chi connectivity index (χ1v) is 4.94.